The molecule has 2 N–H and O–H groups in total. The number of thioether (sulfide) groups is 1. The summed E-state index contributed by atoms with van der Waals surface area (Å²) in [7, 11) is 1.40. The molecule has 1 aliphatic rings. The Morgan fingerprint density at radius 3 is 2.89 bits per heavy atom. The summed E-state index contributed by atoms with van der Waals surface area (Å²) >= 11 is 1.88. The highest BCUT2D eigenvalue weighted by atomic mass is 32.2. The van der Waals surface area contributed by atoms with Gasteiger partial charge in [-0.3, -0.25) is 4.79 Å². The van der Waals surface area contributed by atoms with Crippen LogP contribution in [0, 0.1) is 0 Å². The molecule has 1 saturated carbocycles. The molecule has 0 aliphatic heterocycles. The molecule has 4 heteroatoms. The SMILES string of the molecule is COC(=O)C1(N)CCC(SCc2ccccc2)C1. The molecule has 2 atom stereocenters. The van der Waals surface area contributed by atoms with Gasteiger partial charge >= 0.3 is 5.97 Å². The Labute approximate surface area is 112 Å². The third-order valence-corrected chi connectivity index (χ3v) is 4.80. The van der Waals surface area contributed by atoms with E-state index in [1.165, 1.54) is 12.7 Å². The van der Waals surface area contributed by atoms with E-state index in [0.717, 1.165) is 25.0 Å². The molecule has 1 fully saturated rings. The number of benzene rings is 1. The van der Waals surface area contributed by atoms with Crippen molar-refractivity contribution in [2.45, 2.75) is 35.8 Å². The van der Waals surface area contributed by atoms with E-state index in [-0.39, 0.29) is 5.97 Å². The zero-order chi connectivity index (χ0) is 13.0. The number of rotatable bonds is 4. The summed E-state index contributed by atoms with van der Waals surface area (Å²) in [6, 6.07) is 10.4. The molecule has 18 heavy (non-hydrogen) atoms. The van der Waals surface area contributed by atoms with Crippen molar-refractivity contribution in [3.63, 3.8) is 0 Å². The van der Waals surface area contributed by atoms with Gasteiger partial charge in [-0.25, -0.2) is 0 Å². The molecular weight excluding hydrogens is 246 g/mol. The Morgan fingerprint density at radius 2 is 2.22 bits per heavy atom. The average Bonchev–Trinajstić information content (AvgIpc) is 2.80. The van der Waals surface area contributed by atoms with Crippen molar-refractivity contribution in [1.29, 1.82) is 0 Å². The van der Waals surface area contributed by atoms with Gasteiger partial charge in [0.15, 0.2) is 0 Å². The maximum Gasteiger partial charge on any atom is 0.325 e. The minimum absolute atomic E-state index is 0.273. The topological polar surface area (TPSA) is 52.3 Å². The minimum Gasteiger partial charge on any atom is -0.468 e. The van der Waals surface area contributed by atoms with E-state index < -0.39 is 5.54 Å². The first kappa shape index (κ1) is 13.4. The van der Waals surface area contributed by atoms with E-state index in [4.69, 9.17) is 10.5 Å². The quantitative estimate of drug-likeness (QED) is 0.849. The second-order valence-corrected chi connectivity index (χ2v) is 6.10. The molecule has 0 saturated heterocycles. The van der Waals surface area contributed by atoms with Gasteiger partial charge in [0.05, 0.1) is 7.11 Å². The van der Waals surface area contributed by atoms with Crippen LogP contribution in [0.2, 0.25) is 0 Å². The largest absolute Gasteiger partial charge is 0.468 e. The second-order valence-electron chi connectivity index (χ2n) is 4.81. The number of carbonyl (C=O) groups excluding carboxylic acids is 1. The van der Waals surface area contributed by atoms with Gasteiger partial charge in [0, 0.05) is 11.0 Å². The second kappa shape index (κ2) is 5.76. The van der Waals surface area contributed by atoms with Gasteiger partial charge in [-0.1, -0.05) is 30.3 Å². The van der Waals surface area contributed by atoms with Crippen molar-refractivity contribution in [1.82, 2.24) is 0 Å². The average molecular weight is 265 g/mol. The summed E-state index contributed by atoms with van der Waals surface area (Å²) in [6.07, 6.45) is 2.44. The summed E-state index contributed by atoms with van der Waals surface area (Å²) in [5, 5.41) is 0.453. The van der Waals surface area contributed by atoms with E-state index in [2.05, 4.69) is 12.1 Å². The maximum atomic E-state index is 11.6. The van der Waals surface area contributed by atoms with Crippen molar-refractivity contribution < 1.29 is 9.53 Å². The van der Waals surface area contributed by atoms with Crippen molar-refractivity contribution in [3.05, 3.63) is 35.9 Å². The summed E-state index contributed by atoms with van der Waals surface area (Å²) < 4.78 is 4.78. The number of hydrogen-bond acceptors (Lipinski definition) is 4. The number of carbonyl (C=O) groups is 1. The first-order valence-corrected chi connectivity index (χ1v) is 7.22. The fourth-order valence-electron chi connectivity index (χ4n) is 2.35. The van der Waals surface area contributed by atoms with Crippen LogP contribution in [0.5, 0.6) is 0 Å². The van der Waals surface area contributed by atoms with Crippen LogP contribution in [-0.2, 0) is 15.3 Å². The third-order valence-electron chi connectivity index (χ3n) is 3.42. The lowest BCUT2D eigenvalue weighted by Crippen LogP contribution is -2.46. The minimum atomic E-state index is -0.761. The molecule has 1 aromatic rings. The van der Waals surface area contributed by atoms with Gasteiger partial charge in [-0.2, -0.15) is 11.8 Å². The summed E-state index contributed by atoms with van der Waals surface area (Å²) in [5.74, 6) is 0.702. The molecule has 0 bridgehead atoms. The lowest BCUT2D eigenvalue weighted by molar-refractivity contribution is -0.146. The number of esters is 1. The van der Waals surface area contributed by atoms with Crippen LogP contribution in [-0.4, -0.2) is 23.9 Å². The van der Waals surface area contributed by atoms with Crippen LogP contribution in [0.1, 0.15) is 24.8 Å². The molecule has 0 radical (unpaired) electrons. The molecule has 3 nitrogen and oxygen atoms in total. The molecule has 2 rings (SSSR count). The number of hydrogen-bond donors (Lipinski definition) is 1. The Kier molecular flexibility index (Phi) is 4.30. The molecule has 0 amide bonds. The smallest absolute Gasteiger partial charge is 0.325 e. The highest BCUT2D eigenvalue weighted by Crippen LogP contribution is 2.37. The van der Waals surface area contributed by atoms with E-state index in [1.807, 2.05) is 30.0 Å². The Morgan fingerprint density at radius 1 is 1.50 bits per heavy atom. The van der Waals surface area contributed by atoms with E-state index in [9.17, 15) is 4.79 Å². The molecular formula is C14H19NO2S. The van der Waals surface area contributed by atoms with E-state index in [0.29, 0.717) is 5.25 Å². The Hall–Kier alpha value is -1.00. The lowest BCUT2D eigenvalue weighted by atomic mass is 10.00. The molecule has 2 unspecified atom stereocenters. The van der Waals surface area contributed by atoms with Crippen molar-refractivity contribution in [2.75, 3.05) is 7.11 Å². The summed E-state index contributed by atoms with van der Waals surface area (Å²) in [4.78, 5) is 11.6. The van der Waals surface area contributed by atoms with Crippen LogP contribution < -0.4 is 5.73 Å². The zero-order valence-corrected chi connectivity index (χ0v) is 11.4. The van der Waals surface area contributed by atoms with Gasteiger partial charge in [-0.05, 0) is 24.8 Å². The van der Waals surface area contributed by atoms with Gasteiger partial charge < -0.3 is 10.5 Å². The van der Waals surface area contributed by atoms with Crippen molar-refractivity contribution >= 4 is 17.7 Å². The lowest BCUT2D eigenvalue weighted by Gasteiger charge is -2.20. The predicted octanol–water partition coefficient (Wildman–Crippen LogP) is 2.34. The summed E-state index contributed by atoms with van der Waals surface area (Å²) in [6.45, 7) is 0. The fraction of sp³-hybridized carbons (Fsp3) is 0.500. The highest BCUT2D eigenvalue weighted by Gasteiger charge is 2.42. The van der Waals surface area contributed by atoms with Gasteiger partial charge in [-0.15, -0.1) is 0 Å². The Bertz CT molecular complexity index is 410. The van der Waals surface area contributed by atoms with Gasteiger partial charge in [0.1, 0.15) is 5.54 Å². The van der Waals surface area contributed by atoms with E-state index >= 15 is 0 Å². The van der Waals surface area contributed by atoms with Gasteiger partial charge in [0.25, 0.3) is 0 Å². The van der Waals surface area contributed by atoms with Crippen molar-refractivity contribution in [2.24, 2.45) is 5.73 Å². The van der Waals surface area contributed by atoms with Crippen LogP contribution in [0.4, 0.5) is 0 Å². The van der Waals surface area contributed by atoms with Gasteiger partial charge in [0.2, 0.25) is 0 Å². The molecule has 0 aromatic heterocycles. The first-order valence-electron chi connectivity index (χ1n) is 6.17. The van der Waals surface area contributed by atoms with E-state index in [1.54, 1.807) is 0 Å². The normalized spacial score (nSPS) is 27.1. The fourth-order valence-corrected chi connectivity index (χ4v) is 3.67. The van der Waals surface area contributed by atoms with Crippen LogP contribution in [0.3, 0.4) is 0 Å². The predicted molar refractivity (Wildman–Crippen MR) is 74.3 cm³/mol. The highest BCUT2D eigenvalue weighted by molar-refractivity contribution is 7.99. The van der Waals surface area contributed by atoms with Crippen molar-refractivity contribution in [3.8, 4) is 0 Å². The monoisotopic (exact) mass is 265 g/mol. The third kappa shape index (κ3) is 3.06. The zero-order valence-electron chi connectivity index (χ0n) is 10.6. The molecule has 0 heterocycles. The van der Waals surface area contributed by atoms with Crippen LogP contribution in [0.15, 0.2) is 30.3 Å². The number of nitrogens with two attached hydrogens (primary N) is 1. The number of methoxy groups -OCH3 is 1. The first-order chi connectivity index (χ1) is 8.64. The Balaban J connectivity index is 1.85. The van der Waals surface area contributed by atoms with Crippen LogP contribution >= 0.6 is 11.8 Å². The molecule has 1 aliphatic carbocycles. The summed E-state index contributed by atoms with van der Waals surface area (Å²) in [5.41, 5.74) is 6.64. The number of ether oxygens (including phenoxy) is 1. The molecule has 0 spiro atoms. The molecule has 1 aromatic carbocycles. The standard InChI is InChI=1S/C14H19NO2S/c1-17-13(16)14(15)8-7-12(9-14)18-10-11-5-3-2-4-6-11/h2-6,12H,7-10,15H2,1H3. The maximum absolute atomic E-state index is 11.6. The molecule has 98 valence electrons. The van der Waals surface area contributed by atoms with Crippen LogP contribution in [0.25, 0.3) is 0 Å².